The largest absolute Gasteiger partial charge is 0.484 e. The highest BCUT2D eigenvalue weighted by Crippen LogP contribution is 2.34. The van der Waals surface area contributed by atoms with Crippen molar-refractivity contribution in [3.8, 4) is 28.5 Å². The van der Waals surface area contributed by atoms with E-state index in [9.17, 15) is 14.9 Å². The molecule has 0 spiro atoms. The molecule has 3 heterocycles. The minimum Gasteiger partial charge on any atom is -0.484 e. The van der Waals surface area contributed by atoms with E-state index in [0.717, 1.165) is 5.56 Å². The van der Waals surface area contributed by atoms with Crippen molar-refractivity contribution >= 4 is 22.9 Å². The maximum Gasteiger partial charge on any atom is 0.286 e. The number of nitro groups is 1. The third-order valence-electron chi connectivity index (χ3n) is 4.82. The third kappa shape index (κ3) is 3.88. The van der Waals surface area contributed by atoms with Crippen LogP contribution >= 0.6 is 0 Å². The molecule has 1 aliphatic rings. The maximum absolute atomic E-state index is 12.2. The lowest BCUT2D eigenvalue weighted by Crippen LogP contribution is -2.20. The van der Waals surface area contributed by atoms with Gasteiger partial charge in [0.05, 0.1) is 16.8 Å². The van der Waals surface area contributed by atoms with E-state index in [1.165, 1.54) is 12.3 Å². The van der Waals surface area contributed by atoms with Crippen LogP contribution in [0.3, 0.4) is 0 Å². The van der Waals surface area contributed by atoms with Crippen molar-refractivity contribution in [1.82, 2.24) is 9.38 Å². The predicted octanol–water partition coefficient (Wildman–Crippen LogP) is 3.66. The quantitative estimate of drug-likeness (QED) is 0.365. The molecule has 5 rings (SSSR count). The monoisotopic (exact) mass is 432 g/mol. The molecule has 0 saturated carbocycles. The average Bonchev–Trinajstić information content (AvgIpc) is 3.44. The highest BCUT2D eigenvalue weighted by Gasteiger charge is 2.14. The Kier molecular flexibility index (Phi) is 4.79. The summed E-state index contributed by atoms with van der Waals surface area (Å²) >= 11 is 0. The molecule has 10 nitrogen and oxygen atoms in total. The van der Waals surface area contributed by atoms with Crippen molar-refractivity contribution < 1.29 is 23.9 Å². The van der Waals surface area contributed by atoms with Gasteiger partial charge in [-0.15, -0.1) is 0 Å². The van der Waals surface area contributed by atoms with Gasteiger partial charge in [0.15, 0.2) is 18.1 Å². The first-order valence-electron chi connectivity index (χ1n) is 9.61. The second-order valence-corrected chi connectivity index (χ2v) is 6.97. The summed E-state index contributed by atoms with van der Waals surface area (Å²) in [5, 5.41) is 13.7. The van der Waals surface area contributed by atoms with Crippen molar-refractivity contribution in [3.63, 3.8) is 0 Å². The zero-order valence-corrected chi connectivity index (χ0v) is 16.6. The van der Waals surface area contributed by atoms with Gasteiger partial charge in [0, 0.05) is 29.6 Å². The average molecular weight is 432 g/mol. The molecule has 0 fully saturated rings. The van der Waals surface area contributed by atoms with E-state index in [1.807, 2.05) is 0 Å². The first-order chi connectivity index (χ1) is 15.5. The van der Waals surface area contributed by atoms with Crippen LogP contribution in [-0.2, 0) is 4.79 Å². The van der Waals surface area contributed by atoms with E-state index in [0.29, 0.717) is 34.3 Å². The molecule has 0 radical (unpaired) electrons. The minimum atomic E-state index is -0.450. The molecular weight excluding hydrogens is 416 g/mol. The van der Waals surface area contributed by atoms with E-state index in [-0.39, 0.29) is 25.0 Å². The molecule has 1 aliphatic heterocycles. The summed E-state index contributed by atoms with van der Waals surface area (Å²) in [6, 6.07) is 15.2. The van der Waals surface area contributed by atoms with Gasteiger partial charge in [-0.25, -0.2) is 4.98 Å². The molecule has 10 heteroatoms. The number of rotatable bonds is 6. The summed E-state index contributed by atoms with van der Waals surface area (Å²) in [5.74, 6) is 1.44. The molecule has 0 aliphatic carbocycles. The molecular formula is C22H16N4O6. The van der Waals surface area contributed by atoms with Crippen LogP contribution < -0.4 is 19.5 Å². The smallest absolute Gasteiger partial charge is 0.286 e. The van der Waals surface area contributed by atoms with Crippen LogP contribution in [-0.4, -0.2) is 33.6 Å². The Hall–Kier alpha value is -4.60. The molecule has 2 aromatic heterocycles. The van der Waals surface area contributed by atoms with Crippen molar-refractivity contribution in [2.75, 3.05) is 18.7 Å². The van der Waals surface area contributed by atoms with E-state index < -0.39 is 4.92 Å². The number of ether oxygens (including phenoxy) is 3. The Balaban J connectivity index is 1.21. The fourth-order valence-corrected chi connectivity index (χ4v) is 3.27. The zero-order valence-electron chi connectivity index (χ0n) is 16.6. The van der Waals surface area contributed by atoms with Gasteiger partial charge in [-0.3, -0.25) is 19.3 Å². The van der Waals surface area contributed by atoms with Gasteiger partial charge < -0.3 is 19.5 Å². The minimum absolute atomic E-state index is 0.00998. The Morgan fingerprint density at radius 2 is 1.91 bits per heavy atom. The summed E-state index contributed by atoms with van der Waals surface area (Å²) in [6.45, 7) is 0.00649. The number of anilines is 1. The summed E-state index contributed by atoms with van der Waals surface area (Å²) in [5.41, 5.74) is 2.66. The number of aromatic nitrogens is 2. The normalized spacial score (nSPS) is 12.0. The summed E-state index contributed by atoms with van der Waals surface area (Å²) in [6.07, 6.45) is 3.14. The summed E-state index contributed by atoms with van der Waals surface area (Å²) < 4.78 is 17.7. The molecule has 0 saturated heterocycles. The van der Waals surface area contributed by atoms with Crippen molar-refractivity contribution in [1.29, 1.82) is 0 Å². The number of imidazole rings is 1. The van der Waals surface area contributed by atoms with E-state index in [4.69, 9.17) is 14.2 Å². The number of nitrogens with one attached hydrogen (secondary N) is 1. The van der Waals surface area contributed by atoms with Crippen LogP contribution in [0.1, 0.15) is 0 Å². The molecule has 0 bridgehead atoms. The fraction of sp³-hybridized carbons (Fsp3) is 0.0909. The Bertz CT molecular complexity index is 1330. The number of hydrogen-bond donors (Lipinski definition) is 1. The molecule has 1 amide bonds. The fourth-order valence-electron chi connectivity index (χ4n) is 3.27. The molecule has 0 atom stereocenters. The molecule has 2 aromatic carbocycles. The first kappa shape index (κ1) is 19.4. The van der Waals surface area contributed by atoms with E-state index in [1.54, 1.807) is 59.1 Å². The topological polar surface area (TPSA) is 117 Å². The van der Waals surface area contributed by atoms with Crippen LogP contribution in [0, 0.1) is 10.1 Å². The molecule has 4 aromatic rings. The van der Waals surface area contributed by atoms with Crippen molar-refractivity contribution in [2.24, 2.45) is 0 Å². The first-order valence-corrected chi connectivity index (χ1v) is 9.61. The van der Waals surface area contributed by atoms with Gasteiger partial charge >= 0.3 is 0 Å². The third-order valence-corrected chi connectivity index (χ3v) is 4.82. The van der Waals surface area contributed by atoms with Gasteiger partial charge in [-0.05, 0) is 42.5 Å². The summed E-state index contributed by atoms with van der Waals surface area (Å²) in [7, 11) is 0. The van der Waals surface area contributed by atoms with Crippen LogP contribution in [0.25, 0.3) is 16.9 Å². The Morgan fingerprint density at radius 1 is 1.09 bits per heavy atom. The number of carbonyl (C=O) groups is 1. The standard InChI is InChI=1S/C22H16N4O6/c27-22(23-15-3-7-19-20(9-15)32-13-31-19)12-30-17-5-1-14(2-6-17)18-11-25-10-16(26(28)29)4-8-21(25)24-18/h1-11H,12-13H2,(H,23,27). The van der Waals surface area contributed by atoms with Gasteiger partial charge in [-0.1, -0.05) is 0 Å². The van der Waals surface area contributed by atoms with Crippen LogP contribution in [0.4, 0.5) is 11.4 Å². The van der Waals surface area contributed by atoms with Gasteiger partial charge in [0.2, 0.25) is 6.79 Å². The van der Waals surface area contributed by atoms with E-state index in [2.05, 4.69) is 10.3 Å². The van der Waals surface area contributed by atoms with Gasteiger partial charge in [0.1, 0.15) is 11.4 Å². The molecule has 32 heavy (non-hydrogen) atoms. The number of carbonyl (C=O) groups excluding carboxylic acids is 1. The van der Waals surface area contributed by atoms with Crippen LogP contribution in [0.15, 0.2) is 67.0 Å². The highest BCUT2D eigenvalue weighted by molar-refractivity contribution is 5.92. The van der Waals surface area contributed by atoms with Crippen LogP contribution in [0.2, 0.25) is 0 Å². The molecule has 0 unspecified atom stereocenters. The lowest BCUT2D eigenvalue weighted by atomic mass is 10.2. The number of amides is 1. The number of nitrogens with zero attached hydrogens (tertiary/aromatic N) is 3. The number of pyridine rings is 1. The van der Waals surface area contributed by atoms with Crippen LogP contribution in [0.5, 0.6) is 17.2 Å². The van der Waals surface area contributed by atoms with Crippen molar-refractivity contribution in [2.45, 2.75) is 0 Å². The second-order valence-electron chi connectivity index (χ2n) is 6.97. The Labute approximate surface area is 181 Å². The molecule has 1 N–H and O–H groups in total. The number of benzene rings is 2. The number of fused-ring (bicyclic) bond motifs is 2. The van der Waals surface area contributed by atoms with Crippen molar-refractivity contribution in [3.05, 3.63) is 77.1 Å². The zero-order chi connectivity index (χ0) is 22.1. The highest BCUT2D eigenvalue weighted by atomic mass is 16.7. The predicted molar refractivity (Wildman–Crippen MR) is 114 cm³/mol. The SMILES string of the molecule is O=C(COc1ccc(-c2cn3cc([N+](=O)[O-])ccc3n2)cc1)Nc1ccc2c(c1)OCO2. The molecule has 160 valence electrons. The maximum atomic E-state index is 12.2. The number of hydrogen-bond acceptors (Lipinski definition) is 7. The van der Waals surface area contributed by atoms with E-state index >= 15 is 0 Å². The lowest BCUT2D eigenvalue weighted by Gasteiger charge is -2.08. The van der Waals surface area contributed by atoms with Gasteiger partial charge in [0.25, 0.3) is 11.6 Å². The van der Waals surface area contributed by atoms with Gasteiger partial charge in [-0.2, -0.15) is 0 Å². The Morgan fingerprint density at radius 3 is 2.72 bits per heavy atom. The lowest BCUT2D eigenvalue weighted by molar-refractivity contribution is -0.385. The summed E-state index contributed by atoms with van der Waals surface area (Å²) in [4.78, 5) is 27.1. The second kappa shape index (κ2) is 7.91.